The van der Waals surface area contributed by atoms with Crippen LogP contribution in [0.25, 0.3) is 34.2 Å². The summed E-state index contributed by atoms with van der Waals surface area (Å²) in [5.41, 5.74) is 9.24. The predicted octanol–water partition coefficient (Wildman–Crippen LogP) is 3.83. The minimum atomic E-state index is -0.0595. The Hall–Kier alpha value is -3.77. The number of aliphatic hydroxyl groups is 1. The highest BCUT2D eigenvalue weighted by Crippen LogP contribution is 2.30. The summed E-state index contributed by atoms with van der Waals surface area (Å²) in [4.78, 5) is 14.0. The van der Waals surface area contributed by atoms with Crippen LogP contribution in [0.3, 0.4) is 0 Å². The molecule has 29 heavy (non-hydrogen) atoms. The molecule has 0 amide bonds. The van der Waals surface area contributed by atoms with Gasteiger partial charge in [0.25, 0.3) is 0 Å². The summed E-state index contributed by atoms with van der Waals surface area (Å²) >= 11 is 0. The maximum atomic E-state index is 8.92. The number of anilines is 1. The van der Waals surface area contributed by atoms with Crippen molar-refractivity contribution in [2.75, 3.05) is 18.9 Å². The van der Waals surface area contributed by atoms with Crippen LogP contribution in [-0.4, -0.2) is 33.3 Å². The molecule has 0 fully saturated rings. The van der Waals surface area contributed by atoms with Crippen molar-refractivity contribution < 1.29 is 9.84 Å². The van der Waals surface area contributed by atoms with Crippen LogP contribution in [0.1, 0.15) is 0 Å². The van der Waals surface area contributed by atoms with Gasteiger partial charge in [0.1, 0.15) is 12.4 Å². The monoisotopic (exact) mass is 384 g/mol. The van der Waals surface area contributed by atoms with E-state index in [0.29, 0.717) is 34.5 Å². The molecule has 4 aromatic rings. The van der Waals surface area contributed by atoms with Crippen molar-refractivity contribution in [2.24, 2.45) is 0 Å². The molecule has 1 heterocycles. The third-order valence-corrected chi connectivity index (χ3v) is 4.32. The van der Waals surface area contributed by atoms with Crippen molar-refractivity contribution in [1.29, 1.82) is 0 Å². The molecule has 0 spiro atoms. The Labute approximate surface area is 168 Å². The van der Waals surface area contributed by atoms with E-state index in [1.165, 1.54) is 0 Å². The Balaban J connectivity index is 1.83. The number of benzene rings is 3. The highest BCUT2D eigenvalue weighted by Gasteiger charge is 2.14. The fraction of sp³-hybridized carbons (Fsp3) is 0.0870. The summed E-state index contributed by atoms with van der Waals surface area (Å²) in [7, 11) is 0. The lowest BCUT2D eigenvalue weighted by Crippen LogP contribution is -2.04. The zero-order valence-electron chi connectivity index (χ0n) is 15.7. The molecule has 144 valence electrons. The summed E-state index contributed by atoms with van der Waals surface area (Å²) in [6.45, 7) is 0.150. The first-order valence-corrected chi connectivity index (χ1v) is 9.25. The molecule has 3 N–H and O–H groups in total. The lowest BCUT2D eigenvalue weighted by atomic mass is 10.1. The molecular weight excluding hydrogens is 364 g/mol. The number of nitrogen functional groups attached to an aromatic ring is 1. The van der Waals surface area contributed by atoms with Gasteiger partial charge in [0.05, 0.1) is 6.61 Å². The van der Waals surface area contributed by atoms with Gasteiger partial charge in [-0.25, -0.2) is 15.0 Å². The highest BCUT2D eigenvalue weighted by molar-refractivity contribution is 5.75. The normalized spacial score (nSPS) is 10.7. The zero-order chi connectivity index (χ0) is 20.1. The number of nitrogens with two attached hydrogens (primary N) is 1. The van der Waals surface area contributed by atoms with E-state index in [9.17, 15) is 0 Å². The van der Waals surface area contributed by atoms with Gasteiger partial charge in [0.15, 0.2) is 17.5 Å². The quantitative estimate of drug-likeness (QED) is 0.491. The van der Waals surface area contributed by atoms with E-state index in [4.69, 9.17) is 15.6 Å². The van der Waals surface area contributed by atoms with Gasteiger partial charge >= 0.3 is 0 Å². The molecular formula is C23H20N4O2. The van der Waals surface area contributed by atoms with Crippen molar-refractivity contribution in [3.05, 3.63) is 78.9 Å². The SMILES string of the molecule is Nc1cc(OCCO)ccc1-c1nc(-c2ccccc2)nc(-c2ccccc2)n1. The summed E-state index contributed by atoms with van der Waals surface area (Å²) in [6, 6.07) is 24.9. The average Bonchev–Trinajstić information content (AvgIpc) is 2.78. The predicted molar refractivity (Wildman–Crippen MR) is 113 cm³/mol. The van der Waals surface area contributed by atoms with Gasteiger partial charge in [-0.2, -0.15) is 0 Å². The second-order valence-corrected chi connectivity index (χ2v) is 6.36. The van der Waals surface area contributed by atoms with Crippen LogP contribution in [-0.2, 0) is 0 Å². The molecule has 6 nitrogen and oxygen atoms in total. The van der Waals surface area contributed by atoms with Crippen LogP contribution in [0.5, 0.6) is 5.75 Å². The summed E-state index contributed by atoms with van der Waals surface area (Å²) in [6.07, 6.45) is 0. The molecule has 4 rings (SSSR count). The second-order valence-electron chi connectivity index (χ2n) is 6.36. The molecule has 3 aromatic carbocycles. The molecule has 0 saturated carbocycles. The van der Waals surface area contributed by atoms with E-state index in [2.05, 4.69) is 15.0 Å². The number of aliphatic hydroxyl groups excluding tert-OH is 1. The van der Waals surface area contributed by atoms with Gasteiger partial charge < -0.3 is 15.6 Å². The van der Waals surface area contributed by atoms with Crippen molar-refractivity contribution >= 4 is 5.69 Å². The first kappa shape index (κ1) is 18.6. The molecule has 0 atom stereocenters. The van der Waals surface area contributed by atoms with Crippen molar-refractivity contribution in [1.82, 2.24) is 15.0 Å². The number of hydrogen-bond acceptors (Lipinski definition) is 6. The summed E-state index contributed by atoms with van der Waals surface area (Å²) < 4.78 is 5.43. The Morgan fingerprint density at radius 3 is 1.79 bits per heavy atom. The van der Waals surface area contributed by atoms with Gasteiger partial charge in [-0.3, -0.25) is 0 Å². The van der Waals surface area contributed by atoms with Crippen LogP contribution >= 0.6 is 0 Å². The maximum Gasteiger partial charge on any atom is 0.166 e. The molecule has 0 radical (unpaired) electrons. The van der Waals surface area contributed by atoms with Crippen LogP contribution in [0.15, 0.2) is 78.9 Å². The van der Waals surface area contributed by atoms with E-state index < -0.39 is 0 Å². The van der Waals surface area contributed by atoms with Crippen molar-refractivity contribution in [2.45, 2.75) is 0 Å². The lowest BCUT2D eigenvalue weighted by molar-refractivity contribution is 0.201. The minimum absolute atomic E-state index is 0.0595. The first-order valence-electron chi connectivity index (χ1n) is 9.25. The minimum Gasteiger partial charge on any atom is -0.491 e. The Bertz CT molecular complexity index is 1040. The molecule has 0 aliphatic rings. The third-order valence-electron chi connectivity index (χ3n) is 4.32. The summed E-state index contributed by atoms with van der Waals surface area (Å²) in [5.74, 6) is 2.23. The van der Waals surface area contributed by atoms with E-state index >= 15 is 0 Å². The van der Waals surface area contributed by atoms with Gasteiger partial charge in [0.2, 0.25) is 0 Å². The Kier molecular flexibility index (Phi) is 5.45. The fourth-order valence-corrected chi connectivity index (χ4v) is 2.93. The molecule has 0 unspecified atom stereocenters. The van der Waals surface area contributed by atoms with Crippen molar-refractivity contribution in [3.8, 4) is 39.9 Å². The lowest BCUT2D eigenvalue weighted by Gasteiger charge is -2.11. The van der Waals surface area contributed by atoms with Gasteiger partial charge in [-0.15, -0.1) is 0 Å². The largest absolute Gasteiger partial charge is 0.491 e. The van der Waals surface area contributed by atoms with Gasteiger partial charge in [-0.1, -0.05) is 60.7 Å². The van der Waals surface area contributed by atoms with Crippen molar-refractivity contribution in [3.63, 3.8) is 0 Å². The van der Waals surface area contributed by atoms with E-state index in [-0.39, 0.29) is 13.2 Å². The van der Waals surface area contributed by atoms with Gasteiger partial charge in [-0.05, 0) is 12.1 Å². The molecule has 0 saturated heterocycles. The third kappa shape index (κ3) is 4.23. The van der Waals surface area contributed by atoms with E-state index in [0.717, 1.165) is 11.1 Å². The van der Waals surface area contributed by atoms with Crippen LogP contribution in [0.4, 0.5) is 5.69 Å². The number of nitrogens with zero attached hydrogens (tertiary/aromatic N) is 3. The molecule has 0 bridgehead atoms. The topological polar surface area (TPSA) is 94.2 Å². The fourth-order valence-electron chi connectivity index (χ4n) is 2.93. The molecule has 6 heteroatoms. The standard InChI is InChI=1S/C23H20N4O2/c24-20-15-18(29-14-13-28)11-12-19(20)23-26-21(16-7-3-1-4-8-16)25-22(27-23)17-9-5-2-6-10-17/h1-12,15,28H,13-14,24H2. The molecule has 0 aliphatic heterocycles. The van der Waals surface area contributed by atoms with Gasteiger partial charge in [0, 0.05) is 28.4 Å². The first-order chi connectivity index (χ1) is 14.2. The van der Waals surface area contributed by atoms with Crippen LogP contribution in [0, 0.1) is 0 Å². The van der Waals surface area contributed by atoms with E-state index in [1.54, 1.807) is 12.1 Å². The van der Waals surface area contributed by atoms with Crippen LogP contribution < -0.4 is 10.5 Å². The second kappa shape index (κ2) is 8.50. The number of aromatic nitrogens is 3. The molecule has 1 aromatic heterocycles. The smallest absolute Gasteiger partial charge is 0.166 e. The molecule has 0 aliphatic carbocycles. The zero-order valence-corrected chi connectivity index (χ0v) is 15.7. The highest BCUT2D eigenvalue weighted by atomic mass is 16.5. The number of rotatable bonds is 6. The Morgan fingerprint density at radius 1 is 0.724 bits per heavy atom. The average molecular weight is 384 g/mol. The maximum absolute atomic E-state index is 8.92. The van der Waals surface area contributed by atoms with Crippen LogP contribution in [0.2, 0.25) is 0 Å². The van der Waals surface area contributed by atoms with E-state index in [1.807, 2.05) is 66.7 Å². The Morgan fingerprint density at radius 2 is 1.28 bits per heavy atom. The number of ether oxygens (including phenoxy) is 1. The number of hydrogen-bond donors (Lipinski definition) is 2. The summed E-state index contributed by atoms with van der Waals surface area (Å²) in [5, 5.41) is 8.92.